The summed E-state index contributed by atoms with van der Waals surface area (Å²) in [7, 11) is 0. The van der Waals surface area contributed by atoms with E-state index in [1.807, 2.05) is 0 Å². The second-order valence-electron chi connectivity index (χ2n) is 7.54. The molecule has 2 fully saturated rings. The van der Waals surface area contributed by atoms with E-state index in [1.54, 1.807) is 0 Å². The number of urea groups is 1. The third kappa shape index (κ3) is 6.16. The van der Waals surface area contributed by atoms with Gasteiger partial charge in [-0.25, -0.2) is 4.79 Å². The van der Waals surface area contributed by atoms with Crippen LogP contribution < -0.4 is 10.6 Å². The standard InChI is InChI=1S/C20H29N3O2/c1-15-2-4-16(5-3-15)6-7-17-10-12-23(13-11-17)14-19(24)22-20(25)21-18-8-9-18/h2-5,17-18H,6-14H2,1H3,(H2,21,22,24,25). The van der Waals surface area contributed by atoms with Crippen molar-refractivity contribution in [3.8, 4) is 0 Å². The van der Waals surface area contributed by atoms with Crippen LogP contribution in [-0.4, -0.2) is 42.5 Å². The Morgan fingerprint density at radius 1 is 1.08 bits per heavy atom. The molecule has 1 aliphatic heterocycles. The zero-order chi connectivity index (χ0) is 17.6. The quantitative estimate of drug-likeness (QED) is 0.835. The third-order valence-electron chi connectivity index (χ3n) is 5.20. The molecule has 0 aromatic heterocycles. The molecule has 0 unspecified atom stereocenters. The first-order valence-electron chi connectivity index (χ1n) is 9.47. The Labute approximate surface area is 150 Å². The minimum Gasteiger partial charge on any atom is -0.335 e. The van der Waals surface area contributed by atoms with Crippen molar-refractivity contribution >= 4 is 11.9 Å². The lowest BCUT2D eigenvalue weighted by Crippen LogP contribution is -2.46. The minimum absolute atomic E-state index is 0.198. The van der Waals surface area contributed by atoms with Crippen molar-refractivity contribution in [1.29, 1.82) is 0 Å². The first kappa shape index (κ1) is 17.9. The molecule has 1 saturated carbocycles. The summed E-state index contributed by atoms with van der Waals surface area (Å²) in [5.74, 6) is 0.537. The number of piperidine rings is 1. The number of nitrogens with one attached hydrogen (secondary N) is 2. The van der Waals surface area contributed by atoms with Crippen LogP contribution in [0.5, 0.6) is 0 Å². The summed E-state index contributed by atoms with van der Waals surface area (Å²) < 4.78 is 0. The lowest BCUT2D eigenvalue weighted by atomic mass is 9.90. The number of hydrogen-bond acceptors (Lipinski definition) is 3. The number of carbonyl (C=O) groups excluding carboxylic acids is 2. The molecular weight excluding hydrogens is 314 g/mol. The van der Waals surface area contributed by atoms with Gasteiger partial charge in [-0.1, -0.05) is 29.8 Å². The first-order chi connectivity index (χ1) is 12.1. The molecule has 3 amide bonds. The van der Waals surface area contributed by atoms with Crippen LogP contribution in [0.1, 0.15) is 43.2 Å². The maximum Gasteiger partial charge on any atom is 0.321 e. The minimum atomic E-state index is -0.347. The molecule has 25 heavy (non-hydrogen) atoms. The molecule has 5 nitrogen and oxygen atoms in total. The molecule has 2 aliphatic rings. The SMILES string of the molecule is Cc1ccc(CCC2CCN(CC(=O)NC(=O)NC3CC3)CC2)cc1. The van der Waals surface area contributed by atoms with Crippen molar-refractivity contribution < 1.29 is 9.59 Å². The summed E-state index contributed by atoms with van der Waals surface area (Å²) in [5, 5.41) is 5.21. The molecule has 3 rings (SSSR count). The van der Waals surface area contributed by atoms with Gasteiger partial charge in [0, 0.05) is 6.04 Å². The van der Waals surface area contributed by atoms with Gasteiger partial charge in [0.05, 0.1) is 6.54 Å². The number of imide groups is 1. The predicted octanol–water partition coefficient (Wildman–Crippen LogP) is 2.63. The average molecular weight is 343 g/mol. The van der Waals surface area contributed by atoms with Gasteiger partial charge >= 0.3 is 6.03 Å². The van der Waals surface area contributed by atoms with Crippen molar-refractivity contribution in [3.63, 3.8) is 0 Å². The lowest BCUT2D eigenvalue weighted by molar-refractivity contribution is -0.121. The Morgan fingerprint density at radius 2 is 1.76 bits per heavy atom. The highest BCUT2D eigenvalue weighted by atomic mass is 16.2. The molecule has 1 heterocycles. The summed E-state index contributed by atoms with van der Waals surface area (Å²) in [6.45, 7) is 4.32. The largest absolute Gasteiger partial charge is 0.335 e. The Kier molecular flexibility index (Phi) is 6.08. The molecule has 0 atom stereocenters. The van der Waals surface area contributed by atoms with Crippen LogP contribution in [0, 0.1) is 12.8 Å². The summed E-state index contributed by atoms with van der Waals surface area (Å²) in [6, 6.07) is 8.73. The van der Waals surface area contributed by atoms with E-state index < -0.39 is 0 Å². The van der Waals surface area contributed by atoms with Crippen molar-refractivity contribution in [1.82, 2.24) is 15.5 Å². The summed E-state index contributed by atoms with van der Waals surface area (Å²) >= 11 is 0. The number of carbonyl (C=O) groups is 2. The van der Waals surface area contributed by atoms with Crippen molar-refractivity contribution in [2.24, 2.45) is 5.92 Å². The number of hydrogen-bond donors (Lipinski definition) is 2. The van der Waals surface area contributed by atoms with Crippen molar-refractivity contribution in [2.75, 3.05) is 19.6 Å². The fourth-order valence-corrected chi connectivity index (χ4v) is 3.38. The van der Waals surface area contributed by atoms with Gasteiger partial charge in [0.15, 0.2) is 0 Å². The highest BCUT2D eigenvalue weighted by Gasteiger charge is 2.25. The summed E-state index contributed by atoms with van der Waals surface area (Å²) in [6.07, 6.45) is 6.66. The van der Waals surface area contributed by atoms with E-state index >= 15 is 0 Å². The Bertz CT molecular complexity index is 587. The van der Waals surface area contributed by atoms with Gasteiger partial charge < -0.3 is 5.32 Å². The second-order valence-corrected chi connectivity index (χ2v) is 7.54. The third-order valence-corrected chi connectivity index (χ3v) is 5.20. The van der Waals surface area contributed by atoms with Gasteiger partial charge in [-0.15, -0.1) is 0 Å². The lowest BCUT2D eigenvalue weighted by Gasteiger charge is -2.31. The normalized spacial score (nSPS) is 18.8. The van der Waals surface area contributed by atoms with Crippen LogP contribution in [0.4, 0.5) is 4.79 Å². The van der Waals surface area contributed by atoms with Gasteiger partial charge in [0.2, 0.25) is 5.91 Å². The van der Waals surface area contributed by atoms with E-state index in [0.717, 1.165) is 51.1 Å². The number of rotatable bonds is 6. The van der Waals surface area contributed by atoms with Crippen LogP contribution in [0.2, 0.25) is 0 Å². The molecule has 0 bridgehead atoms. The smallest absolute Gasteiger partial charge is 0.321 e. The molecule has 1 saturated heterocycles. The number of likely N-dealkylation sites (tertiary alicyclic amines) is 1. The summed E-state index contributed by atoms with van der Waals surface area (Å²) in [4.78, 5) is 25.7. The molecular formula is C20H29N3O2. The van der Waals surface area contributed by atoms with Gasteiger partial charge in [-0.2, -0.15) is 0 Å². The van der Waals surface area contributed by atoms with E-state index in [0.29, 0.717) is 6.54 Å². The second kappa shape index (κ2) is 8.48. The number of aryl methyl sites for hydroxylation is 2. The molecule has 0 radical (unpaired) electrons. The molecule has 1 aliphatic carbocycles. The molecule has 0 spiro atoms. The van der Waals surface area contributed by atoms with Crippen LogP contribution in [0.25, 0.3) is 0 Å². The molecule has 1 aromatic rings. The highest BCUT2D eigenvalue weighted by molar-refractivity contribution is 5.95. The van der Waals surface area contributed by atoms with Crippen LogP contribution in [0.3, 0.4) is 0 Å². The molecule has 5 heteroatoms. The van der Waals surface area contributed by atoms with Crippen molar-refractivity contribution in [2.45, 2.75) is 51.5 Å². The van der Waals surface area contributed by atoms with Crippen LogP contribution >= 0.6 is 0 Å². The van der Waals surface area contributed by atoms with Gasteiger partial charge in [-0.05, 0) is 70.0 Å². The average Bonchev–Trinajstić information content (AvgIpc) is 3.39. The zero-order valence-electron chi connectivity index (χ0n) is 15.1. The molecule has 1 aromatic carbocycles. The Morgan fingerprint density at radius 3 is 2.40 bits per heavy atom. The van der Waals surface area contributed by atoms with Gasteiger partial charge in [0.1, 0.15) is 0 Å². The number of benzene rings is 1. The van der Waals surface area contributed by atoms with Gasteiger partial charge in [-0.3, -0.25) is 15.0 Å². The van der Waals surface area contributed by atoms with E-state index in [1.165, 1.54) is 17.5 Å². The maximum atomic E-state index is 11.9. The molecule has 136 valence electrons. The zero-order valence-corrected chi connectivity index (χ0v) is 15.1. The van der Waals surface area contributed by atoms with E-state index in [9.17, 15) is 9.59 Å². The number of nitrogens with zero attached hydrogens (tertiary/aromatic N) is 1. The predicted molar refractivity (Wildman–Crippen MR) is 98.4 cm³/mol. The van der Waals surface area contributed by atoms with Crippen LogP contribution in [0.15, 0.2) is 24.3 Å². The topological polar surface area (TPSA) is 61.4 Å². The van der Waals surface area contributed by atoms with Crippen molar-refractivity contribution in [3.05, 3.63) is 35.4 Å². The Hall–Kier alpha value is -1.88. The first-order valence-corrected chi connectivity index (χ1v) is 9.47. The fourth-order valence-electron chi connectivity index (χ4n) is 3.38. The number of amides is 3. The fraction of sp³-hybridized carbons (Fsp3) is 0.600. The summed E-state index contributed by atoms with van der Waals surface area (Å²) in [5.41, 5.74) is 2.72. The molecule has 2 N–H and O–H groups in total. The van der Waals surface area contributed by atoms with E-state index in [-0.39, 0.29) is 18.0 Å². The maximum absolute atomic E-state index is 11.9. The van der Waals surface area contributed by atoms with E-state index in [2.05, 4.69) is 46.7 Å². The van der Waals surface area contributed by atoms with Crippen LogP contribution in [-0.2, 0) is 11.2 Å². The van der Waals surface area contributed by atoms with E-state index in [4.69, 9.17) is 0 Å². The highest BCUT2D eigenvalue weighted by Crippen LogP contribution is 2.22. The van der Waals surface area contributed by atoms with Gasteiger partial charge in [0.25, 0.3) is 0 Å². The Balaban J connectivity index is 1.31. The monoisotopic (exact) mass is 343 g/mol.